The molecule has 1 aromatic carbocycles. The summed E-state index contributed by atoms with van der Waals surface area (Å²) in [5.41, 5.74) is 2.09. The van der Waals surface area contributed by atoms with E-state index in [-0.39, 0.29) is 22.8 Å². The first-order chi connectivity index (χ1) is 18.8. The van der Waals surface area contributed by atoms with Crippen LogP contribution in [0.1, 0.15) is 89.4 Å². The van der Waals surface area contributed by atoms with Gasteiger partial charge < -0.3 is 10.2 Å². The lowest BCUT2D eigenvalue weighted by atomic mass is 9.96. The van der Waals surface area contributed by atoms with E-state index in [0.29, 0.717) is 16.1 Å². The lowest BCUT2D eigenvalue weighted by Crippen LogP contribution is -2.38. The molecule has 1 aromatic heterocycles. The van der Waals surface area contributed by atoms with Crippen LogP contribution < -0.4 is 5.32 Å². The Hall–Kier alpha value is -2.27. The number of carbonyl (C=O) groups excluding carboxylic acids is 2. The highest BCUT2D eigenvalue weighted by atomic mass is 32.2. The fourth-order valence-corrected chi connectivity index (χ4v) is 8.75. The van der Waals surface area contributed by atoms with Crippen LogP contribution in [0.25, 0.3) is 0 Å². The van der Waals surface area contributed by atoms with Crippen LogP contribution in [0.2, 0.25) is 0 Å². The van der Waals surface area contributed by atoms with Crippen molar-refractivity contribution in [3.05, 3.63) is 45.8 Å². The van der Waals surface area contributed by atoms with Crippen LogP contribution in [-0.2, 0) is 23.0 Å². The van der Waals surface area contributed by atoms with Gasteiger partial charge in [0.1, 0.15) is 5.00 Å². The number of sulfonamides is 1. The molecule has 2 aliphatic heterocycles. The number of nitrogens with zero attached hydrogens (tertiary/aromatic N) is 3. The predicted octanol–water partition coefficient (Wildman–Crippen LogP) is 4.96. The molecule has 39 heavy (non-hydrogen) atoms. The van der Waals surface area contributed by atoms with Gasteiger partial charge in [-0.3, -0.25) is 14.5 Å². The number of likely N-dealkylation sites (N-methyl/N-ethyl adjacent to an activating group) is 1. The fourth-order valence-electron chi connectivity index (χ4n) is 6.06. The standard InChI is InChI=1S/C29H40N4O4S2/c1-3-32-19-16-24-25(20-32)38-28(26(24)29(35)33-17-8-5-9-18-33)30-27(34)21-12-14-23(15-13-21)39(36,37)31(2)22-10-6-4-7-11-22/h12-15,22H,3-11,16-20H2,1-2H3,(H,30,34). The molecule has 5 rings (SSSR count). The monoisotopic (exact) mass is 572 g/mol. The van der Waals surface area contributed by atoms with Gasteiger partial charge in [0, 0.05) is 49.7 Å². The van der Waals surface area contributed by atoms with E-state index in [0.717, 1.165) is 101 Å². The number of likely N-dealkylation sites (tertiary alicyclic amines) is 1. The van der Waals surface area contributed by atoms with Gasteiger partial charge in [-0.05, 0) is 74.9 Å². The Morgan fingerprint density at radius 3 is 2.33 bits per heavy atom. The molecule has 1 aliphatic carbocycles. The van der Waals surface area contributed by atoms with E-state index in [9.17, 15) is 18.0 Å². The Balaban J connectivity index is 1.36. The van der Waals surface area contributed by atoms with Crippen molar-refractivity contribution in [1.29, 1.82) is 0 Å². The summed E-state index contributed by atoms with van der Waals surface area (Å²) in [4.78, 5) is 32.6. The van der Waals surface area contributed by atoms with Crippen molar-refractivity contribution in [1.82, 2.24) is 14.1 Å². The Labute approximate surface area is 236 Å². The summed E-state index contributed by atoms with van der Waals surface area (Å²) in [6, 6.07) is 6.19. The molecule has 2 amide bonds. The Morgan fingerprint density at radius 1 is 1.00 bits per heavy atom. The Morgan fingerprint density at radius 2 is 1.67 bits per heavy atom. The van der Waals surface area contributed by atoms with Crippen LogP contribution in [-0.4, -0.2) is 73.6 Å². The summed E-state index contributed by atoms with van der Waals surface area (Å²) < 4.78 is 27.9. The molecule has 2 fully saturated rings. The van der Waals surface area contributed by atoms with E-state index in [2.05, 4.69) is 17.1 Å². The summed E-state index contributed by atoms with van der Waals surface area (Å²) in [6.45, 7) is 6.27. The van der Waals surface area contributed by atoms with Gasteiger partial charge in [-0.15, -0.1) is 11.3 Å². The van der Waals surface area contributed by atoms with Crippen molar-refractivity contribution in [2.45, 2.75) is 82.2 Å². The molecular formula is C29H40N4O4S2. The molecule has 10 heteroatoms. The molecule has 1 saturated heterocycles. The molecule has 0 spiro atoms. The minimum absolute atomic E-state index is 0.0136. The number of nitrogens with one attached hydrogen (secondary N) is 1. The number of benzene rings is 1. The third-order valence-corrected chi connectivity index (χ3v) is 11.6. The minimum Gasteiger partial charge on any atom is -0.339 e. The lowest BCUT2D eigenvalue weighted by Gasteiger charge is -2.30. The molecule has 1 N–H and O–H groups in total. The van der Waals surface area contributed by atoms with Crippen molar-refractivity contribution < 1.29 is 18.0 Å². The molecule has 2 aromatic rings. The highest BCUT2D eigenvalue weighted by Crippen LogP contribution is 2.38. The Kier molecular flexibility index (Phi) is 8.75. The maximum Gasteiger partial charge on any atom is 0.257 e. The first-order valence-electron chi connectivity index (χ1n) is 14.3. The van der Waals surface area contributed by atoms with Crippen LogP contribution >= 0.6 is 11.3 Å². The van der Waals surface area contributed by atoms with E-state index in [1.807, 2.05) is 4.90 Å². The zero-order valence-electron chi connectivity index (χ0n) is 23.1. The number of piperidine rings is 1. The van der Waals surface area contributed by atoms with E-state index < -0.39 is 10.0 Å². The average molecular weight is 573 g/mol. The van der Waals surface area contributed by atoms with Crippen molar-refractivity contribution in [2.24, 2.45) is 0 Å². The summed E-state index contributed by atoms with van der Waals surface area (Å²) in [5, 5.41) is 3.63. The maximum absolute atomic E-state index is 13.7. The SMILES string of the molecule is CCN1CCc2c(sc(NC(=O)c3ccc(S(=O)(=O)N(C)C4CCCCC4)cc3)c2C(=O)N2CCCCC2)C1. The Bertz CT molecular complexity index is 1290. The normalized spacial score (nSPS) is 19.2. The number of amides is 2. The zero-order valence-corrected chi connectivity index (χ0v) is 24.7. The molecule has 0 radical (unpaired) electrons. The number of thiophene rings is 1. The van der Waals surface area contributed by atoms with Gasteiger partial charge >= 0.3 is 0 Å². The summed E-state index contributed by atoms with van der Waals surface area (Å²) >= 11 is 1.50. The van der Waals surface area contributed by atoms with Crippen LogP contribution in [0.15, 0.2) is 29.2 Å². The number of carbonyl (C=O) groups is 2. The number of rotatable bonds is 7. The lowest BCUT2D eigenvalue weighted by molar-refractivity contribution is 0.0724. The van der Waals surface area contributed by atoms with Crippen LogP contribution in [0.4, 0.5) is 5.00 Å². The largest absolute Gasteiger partial charge is 0.339 e. The highest BCUT2D eigenvalue weighted by Gasteiger charge is 2.32. The van der Waals surface area contributed by atoms with E-state index in [4.69, 9.17) is 0 Å². The summed E-state index contributed by atoms with van der Waals surface area (Å²) in [6.07, 6.45) is 8.98. The maximum atomic E-state index is 13.7. The first kappa shape index (κ1) is 28.3. The van der Waals surface area contributed by atoms with Gasteiger partial charge in [-0.2, -0.15) is 4.31 Å². The first-order valence-corrected chi connectivity index (χ1v) is 16.6. The van der Waals surface area contributed by atoms with Gasteiger partial charge in [0.25, 0.3) is 11.8 Å². The van der Waals surface area contributed by atoms with Crippen LogP contribution in [0.5, 0.6) is 0 Å². The van der Waals surface area contributed by atoms with Gasteiger partial charge in [0.05, 0.1) is 10.5 Å². The summed E-state index contributed by atoms with van der Waals surface area (Å²) in [7, 11) is -1.97. The number of anilines is 1. The minimum atomic E-state index is -3.63. The molecule has 3 heterocycles. The van der Waals surface area contributed by atoms with Gasteiger partial charge in [0.15, 0.2) is 0 Å². The zero-order chi connectivity index (χ0) is 27.6. The summed E-state index contributed by atoms with van der Waals surface area (Å²) in [5.74, 6) is -0.321. The second kappa shape index (κ2) is 12.1. The quantitative estimate of drug-likeness (QED) is 0.507. The number of hydrogen-bond donors (Lipinski definition) is 1. The van der Waals surface area contributed by atoms with E-state index in [1.165, 1.54) is 27.8 Å². The molecule has 3 aliphatic rings. The molecule has 8 nitrogen and oxygen atoms in total. The highest BCUT2D eigenvalue weighted by molar-refractivity contribution is 7.89. The second-order valence-corrected chi connectivity index (χ2v) is 14.1. The molecule has 0 atom stereocenters. The van der Waals surface area contributed by atoms with Crippen molar-refractivity contribution in [3.63, 3.8) is 0 Å². The molecule has 212 valence electrons. The van der Waals surface area contributed by atoms with E-state index in [1.54, 1.807) is 19.2 Å². The van der Waals surface area contributed by atoms with Crippen LogP contribution in [0.3, 0.4) is 0 Å². The fraction of sp³-hybridized carbons (Fsp3) is 0.586. The topological polar surface area (TPSA) is 90.0 Å². The number of hydrogen-bond acceptors (Lipinski definition) is 6. The van der Waals surface area contributed by atoms with Crippen molar-refractivity contribution >= 4 is 38.2 Å². The van der Waals surface area contributed by atoms with E-state index >= 15 is 0 Å². The molecule has 1 saturated carbocycles. The predicted molar refractivity (Wildman–Crippen MR) is 155 cm³/mol. The number of fused-ring (bicyclic) bond motifs is 1. The third kappa shape index (κ3) is 5.94. The van der Waals surface area contributed by atoms with Gasteiger partial charge in [-0.25, -0.2) is 8.42 Å². The third-order valence-electron chi connectivity index (χ3n) is 8.55. The smallest absolute Gasteiger partial charge is 0.257 e. The van der Waals surface area contributed by atoms with Gasteiger partial charge in [-0.1, -0.05) is 26.2 Å². The van der Waals surface area contributed by atoms with Crippen molar-refractivity contribution in [2.75, 3.05) is 38.5 Å². The average Bonchev–Trinajstić information content (AvgIpc) is 3.34. The molecule has 0 unspecified atom stereocenters. The second-order valence-electron chi connectivity index (χ2n) is 11.0. The molecular weight excluding hydrogens is 532 g/mol. The van der Waals surface area contributed by atoms with Crippen LogP contribution in [0, 0.1) is 0 Å². The van der Waals surface area contributed by atoms with Gasteiger partial charge in [0.2, 0.25) is 10.0 Å². The molecule has 0 bridgehead atoms. The van der Waals surface area contributed by atoms with Crippen molar-refractivity contribution in [3.8, 4) is 0 Å².